The van der Waals surface area contributed by atoms with E-state index in [4.69, 9.17) is 0 Å². The summed E-state index contributed by atoms with van der Waals surface area (Å²) in [5.41, 5.74) is 2.33. The Hall–Kier alpha value is -3.53. The molecule has 0 aliphatic heterocycles. The minimum atomic E-state index is -0.462. The molecule has 0 saturated carbocycles. The summed E-state index contributed by atoms with van der Waals surface area (Å²) in [5, 5.41) is 24.0. The number of nitrogens with one attached hydrogen (secondary N) is 1. The van der Waals surface area contributed by atoms with Crippen LogP contribution in [0.1, 0.15) is 16.7 Å². The molecular formula is C18H13FN4O2. The quantitative estimate of drug-likeness (QED) is 0.572. The van der Waals surface area contributed by atoms with Crippen LogP contribution in [-0.4, -0.2) is 9.91 Å². The average molecular weight is 336 g/mol. The number of nitrogens with zero attached hydrogens (tertiary/aromatic N) is 3. The Morgan fingerprint density at radius 3 is 2.84 bits per heavy atom. The number of hydrogen-bond donors (Lipinski definition) is 1. The molecule has 6 nitrogen and oxygen atoms in total. The summed E-state index contributed by atoms with van der Waals surface area (Å²) in [4.78, 5) is 14.9. The van der Waals surface area contributed by atoms with Gasteiger partial charge in [-0.2, -0.15) is 5.26 Å². The van der Waals surface area contributed by atoms with Crippen molar-refractivity contribution in [3.05, 3.63) is 75.2 Å². The van der Waals surface area contributed by atoms with Crippen LogP contribution < -0.4 is 5.32 Å². The number of halogens is 1. The lowest BCUT2D eigenvalue weighted by Gasteiger charge is -2.13. The number of pyridine rings is 1. The summed E-state index contributed by atoms with van der Waals surface area (Å²) in [7, 11) is 0. The van der Waals surface area contributed by atoms with Gasteiger partial charge in [0.2, 0.25) is 0 Å². The molecule has 1 N–H and O–H groups in total. The predicted molar refractivity (Wildman–Crippen MR) is 91.6 cm³/mol. The third kappa shape index (κ3) is 3.10. The van der Waals surface area contributed by atoms with Crippen LogP contribution in [0.15, 0.2) is 42.6 Å². The van der Waals surface area contributed by atoms with E-state index in [2.05, 4.69) is 10.3 Å². The Morgan fingerprint density at radius 2 is 2.12 bits per heavy atom. The molecule has 3 rings (SSSR count). The van der Waals surface area contributed by atoms with Crippen LogP contribution >= 0.6 is 0 Å². The van der Waals surface area contributed by atoms with Crippen molar-refractivity contribution in [1.82, 2.24) is 4.98 Å². The van der Waals surface area contributed by atoms with Crippen LogP contribution in [0.25, 0.3) is 10.9 Å². The third-order valence-electron chi connectivity index (χ3n) is 3.89. The normalized spacial score (nSPS) is 10.4. The van der Waals surface area contributed by atoms with E-state index in [0.29, 0.717) is 27.7 Å². The molecule has 0 spiro atoms. The molecule has 0 saturated heterocycles. The van der Waals surface area contributed by atoms with Gasteiger partial charge in [-0.3, -0.25) is 15.1 Å². The number of nitriles is 1. The highest BCUT2D eigenvalue weighted by Crippen LogP contribution is 2.29. The SMILES string of the molecule is Cc1cc(F)cc2c(NCc3ccccc3[N+](=O)[O-])c(C#N)cnc12. The summed E-state index contributed by atoms with van der Waals surface area (Å²) in [5.74, 6) is -0.435. The van der Waals surface area contributed by atoms with Crippen molar-refractivity contribution in [1.29, 1.82) is 5.26 Å². The Morgan fingerprint density at radius 1 is 1.36 bits per heavy atom. The number of nitro groups is 1. The molecule has 0 amide bonds. The second-order valence-electron chi connectivity index (χ2n) is 5.52. The predicted octanol–water partition coefficient (Wildman–Crippen LogP) is 4.07. The molecule has 0 aliphatic carbocycles. The van der Waals surface area contributed by atoms with Gasteiger partial charge in [-0.05, 0) is 24.6 Å². The highest BCUT2D eigenvalue weighted by Gasteiger charge is 2.15. The van der Waals surface area contributed by atoms with Crippen LogP contribution in [0.3, 0.4) is 0 Å². The van der Waals surface area contributed by atoms with Crippen molar-refractivity contribution in [2.45, 2.75) is 13.5 Å². The van der Waals surface area contributed by atoms with Crippen LogP contribution in [0.5, 0.6) is 0 Å². The molecule has 0 fully saturated rings. The average Bonchev–Trinajstić information content (AvgIpc) is 2.59. The first-order chi connectivity index (χ1) is 12.0. The lowest BCUT2D eigenvalue weighted by Crippen LogP contribution is -2.06. The first kappa shape index (κ1) is 16.3. The minimum absolute atomic E-state index is 0.0192. The van der Waals surface area contributed by atoms with Gasteiger partial charge < -0.3 is 5.32 Å². The fourth-order valence-electron chi connectivity index (χ4n) is 2.73. The standard InChI is InChI=1S/C18H13FN4O2/c1-11-6-14(19)7-15-17(11)21-10-13(8-20)18(15)22-9-12-4-2-3-5-16(12)23(24)25/h2-7,10H,9H2,1H3,(H,21,22). The molecule has 1 heterocycles. The first-order valence-electron chi connectivity index (χ1n) is 7.46. The maximum Gasteiger partial charge on any atom is 0.274 e. The van der Waals surface area contributed by atoms with Gasteiger partial charge in [-0.1, -0.05) is 18.2 Å². The highest BCUT2D eigenvalue weighted by atomic mass is 19.1. The lowest BCUT2D eigenvalue weighted by atomic mass is 10.1. The molecule has 25 heavy (non-hydrogen) atoms. The van der Waals surface area contributed by atoms with Gasteiger partial charge >= 0.3 is 0 Å². The number of hydrogen-bond acceptors (Lipinski definition) is 5. The van der Waals surface area contributed by atoms with Gasteiger partial charge in [0, 0.05) is 29.8 Å². The van der Waals surface area contributed by atoms with Crippen LogP contribution in [0.2, 0.25) is 0 Å². The van der Waals surface area contributed by atoms with Crippen molar-refractivity contribution >= 4 is 22.3 Å². The Labute approximate surface area is 142 Å². The summed E-state index contributed by atoms with van der Waals surface area (Å²) in [6.45, 7) is 1.86. The molecule has 0 aliphatic rings. The van der Waals surface area contributed by atoms with Crippen molar-refractivity contribution in [3.8, 4) is 6.07 Å². The summed E-state index contributed by atoms with van der Waals surface area (Å²) in [6.07, 6.45) is 1.41. The van der Waals surface area contributed by atoms with E-state index in [1.807, 2.05) is 6.07 Å². The molecule has 1 aromatic heterocycles. The maximum atomic E-state index is 13.8. The van der Waals surface area contributed by atoms with E-state index < -0.39 is 10.7 Å². The maximum absolute atomic E-state index is 13.8. The van der Waals surface area contributed by atoms with E-state index in [1.54, 1.807) is 25.1 Å². The molecule has 0 bridgehead atoms. The van der Waals surface area contributed by atoms with Crippen LogP contribution in [0.4, 0.5) is 15.8 Å². The van der Waals surface area contributed by atoms with Gasteiger partial charge in [0.1, 0.15) is 11.9 Å². The molecule has 0 unspecified atom stereocenters. The fraction of sp³-hybridized carbons (Fsp3) is 0.111. The van der Waals surface area contributed by atoms with Gasteiger partial charge in [-0.25, -0.2) is 4.39 Å². The highest BCUT2D eigenvalue weighted by molar-refractivity contribution is 5.95. The molecule has 124 valence electrons. The second kappa shape index (κ2) is 6.53. The van der Waals surface area contributed by atoms with E-state index in [1.165, 1.54) is 24.4 Å². The molecule has 3 aromatic rings. The number of rotatable bonds is 4. The van der Waals surface area contributed by atoms with E-state index in [0.717, 1.165) is 0 Å². The number of para-hydroxylation sites is 1. The van der Waals surface area contributed by atoms with E-state index >= 15 is 0 Å². The first-order valence-corrected chi connectivity index (χ1v) is 7.46. The summed E-state index contributed by atoms with van der Waals surface area (Å²) >= 11 is 0. The minimum Gasteiger partial charge on any atom is -0.379 e. The number of fused-ring (bicyclic) bond motifs is 1. The van der Waals surface area contributed by atoms with Crippen molar-refractivity contribution < 1.29 is 9.31 Å². The second-order valence-corrected chi connectivity index (χ2v) is 5.52. The zero-order chi connectivity index (χ0) is 18.0. The number of anilines is 1. The Balaban J connectivity index is 2.07. The monoisotopic (exact) mass is 336 g/mol. The number of nitro benzene ring substituents is 1. The number of aryl methyl sites for hydroxylation is 1. The largest absolute Gasteiger partial charge is 0.379 e. The summed E-state index contributed by atoms with van der Waals surface area (Å²) < 4.78 is 13.8. The molecule has 0 atom stereocenters. The zero-order valence-electron chi connectivity index (χ0n) is 13.3. The van der Waals surface area contributed by atoms with Gasteiger partial charge in [0.05, 0.1) is 21.7 Å². The Bertz CT molecular complexity index is 1030. The van der Waals surface area contributed by atoms with Crippen molar-refractivity contribution in [2.24, 2.45) is 0 Å². The van der Waals surface area contributed by atoms with Gasteiger partial charge in [0.15, 0.2) is 0 Å². The van der Waals surface area contributed by atoms with Crippen LogP contribution in [-0.2, 0) is 6.54 Å². The zero-order valence-corrected chi connectivity index (χ0v) is 13.3. The van der Waals surface area contributed by atoms with E-state index in [9.17, 15) is 19.8 Å². The van der Waals surface area contributed by atoms with Gasteiger partial charge in [-0.15, -0.1) is 0 Å². The van der Waals surface area contributed by atoms with Gasteiger partial charge in [0.25, 0.3) is 5.69 Å². The number of aromatic nitrogens is 1. The smallest absolute Gasteiger partial charge is 0.274 e. The third-order valence-corrected chi connectivity index (χ3v) is 3.89. The summed E-state index contributed by atoms with van der Waals surface area (Å²) in [6, 6.07) is 11.0. The topological polar surface area (TPSA) is 91.9 Å². The number of benzene rings is 2. The van der Waals surface area contributed by atoms with Crippen molar-refractivity contribution in [2.75, 3.05) is 5.32 Å². The van der Waals surface area contributed by atoms with E-state index in [-0.39, 0.29) is 17.8 Å². The molecule has 7 heteroatoms. The van der Waals surface area contributed by atoms with Crippen molar-refractivity contribution in [3.63, 3.8) is 0 Å². The molecule has 0 radical (unpaired) electrons. The molecular weight excluding hydrogens is 323 g/mol. The lowest BCUT2D eigenvalue weighted by molar-refractivity contribution is -0.385. The fourth-order valence-corrected chi connectivity index (χ4v) is 2.73. The Kier molecular flexibility index (Phi) is 4.27. The molecule has 2 aromatic carbocycles. The van der Waals surface area contributed by atoms with Crippen LogP contribution in [0, 0.1) is 34.2 Å².